The summed E-state index contributed by atoms with van der Waals surface area (Å²) >= 11 is 0. The van der Waals surface area contributed by atoms with E-state index in [-0.39, 0.29) is 11.9 Å². The maximum atomic E-state index is 13.0. The number of hydrogen-bond donors (Lipinski definition) is 0. The molecule has 1 aromatic carbocycles. The highest BCUT2D eigenvalue weighted by atomic mass is 19.1. The molecule has 2 aliphatic heterocycles. The summed E-state index contributed by atoms with van der Waals surface area (Å²) in [6, 6.07) is 11.8. The number of benzene rings is 1. The minimum Gasteiger partial charge on any atom is -0.490 e. The summed E-state index contributed by atoms with van der Waals surface area (Å²) in [4.78, 5) is 8.91. The van der Waals surface area contributed by atoms with Crippen molar-refractivity contribution in [2.45, 2.75) is 44.8 Å². The maximum absolute atomic E-state index is 13.0. The van der Waals surface area contributed by atoms with Gasteiger partial charge in [0.25, 0.3) is 0 Å². The number of likely N-dealkylation sites (tertiary alicyclic amines) is 1. The second-order valence-electron chi connectivity index (χ2n) is 7.62. The van der Waals surface area contributed by atoms with Gasteiger partial charge in [-0.3, -0.25) is 4.90 Å². The van der Waals surface area contributed by atoms with Gasteiger partial charge in [0, 0.05) is 32.5 Å². The predicted molar refractivity (Wildman–Crippen MR) is 106 cm³/mol. The quantitative estimate of drug-likeness (QED) is 0.788. The van der Waals surface area contributed by atoms with Gasteiger partial charge in [0.1, 0.15) is 23.5 Å². The van der Waals surface area contributed by atoms with Gasteiger partial charge in [-0.1, -0.05) is 18.6 Å². The van der Waals surface area contributed by atoms with Gasteiger partial charge in [-0.15, -0.1) is 0 Å². The van der Waals surface area contributed by atoms with Crippen LogP contribution in [-0.2, 0) is 6.54 Å². The van der Waals surface area contributed by atoms with E-state index in [4.69, 9.17) is 4.74 Å². The number of hydrogen-bond acceptors (Lipinski definition) is 4. The second-order valence-corrected chi connectivity index (χ2v) is 7.62. The predicted octanol–water partition coefficient (Wildman–Crippen LogP) is 4.25. The van der Waals surface area contributed by atoms with Gasteiger partial charge < -0.3 is 9.64 Å². The molecule has 0 radical (unpaired) electrons. The van der Waals surface area contributed by atoms with E-state index in [1.807, 2.05) is 0 Å². The van der Waals surface area contributed by atoms with Crippen LogP contribution in [0.4, 0.5) is 10.2 Å². The highest BCUT2D eigenvalue weighted by Crippen LogP contribution is 2.23. The van der Waals surface area contributed by atoms with Gasteiger partial charge in [0.05, 0.1) is 6.20 Å². The Kier molecular flexibility index (Phi) is 5.87. The van der Waals surface area contributed by atoms with Crippen LogP contribution < -0.4 is 9.64 Å². The SMILES string of the molecule is Fc1ccc(N2CCC(Oc3ccc(CN4CCCCC4)cc3)CC2)nc1. The summed E-state index contributed by atoms with van der Waals surface area (Å²) in [5.74, 6) is 1.51. The molecule has 0 amide bonds. The normalized spacial score (nSPS) is 19.2. The van der Waals surface area contributed by atoms with Crippen molar-refractivity contribution in [1.29, 1.82) is 0 Å². The summed E-state index contributed by atoms with van der Waals surface area (Å²) in [7, 11) is 0. The Morgan fingerprint density at radius 2 is 1.67 bits per heavy atom. The molecule has 4 nitrogen and oxygen atoms in total. The average Bonchev–Trinajstić information content (AvgIpc) is 2.72. The molecule has 2 saturated heterocycles. The molecule has 3 heterocycles. The first-order valence-electron chi connectivity index (χ1n) is 10.1. The summed E-state index contributed by atoms with van der Waals surface area (Å²) in [6.07, 6.45) is 7.45. The molecule has 2 fully saturated rings. The van der Waals surface area contributed by atoms with Crippen molar-refractivity contribution < 1.29 is 9.13 Å². The van der Waals surface area contributed by atoms with E-state index in [1.165, 1.54) is 50.2 Å². The fraction of sp³-hybridized carbons (Fsp3) is 0.500. The maximum Gasteiger partial charge on any atom is 0.141 e. The minimum absolute atomic E-state index is 0.231. The van der Waals surface area contributed by atoms with Crippen LogP contribution in [0.2, 0.25) is 0 Å². The molecule has 0 bridgehead atoms. The Morgan fingerprint density at radius 1 is 0.926 bits per heavy atom. The van der Waals surface area contributed by atoms with E-state index in [2.05, 4.69) is 39.0 Å². The molecular formula is C22H28FN3O. The van der Waals surface area contributed by atoms with Crippen LogP contribution in [0.3, 0.4) is 0 Å². The topological polar surface area (TPSA) is 28.6 Å². The average molecular weight is 369 g/mol. The number of aromatic nitrogens is 1. The number of pyridine rings is 1. The molecule has 0 aliphatic carbocycles. The van der Waals surface area contributed by atoms with E-state index in [0.29, 0.717) is 0 Å². The van der Waals surface area contributed by atoms with Gasteiger partial charge in [-0.05, 0) is 55.8 Å². The van der Waals surface area contributed by atoms with E-state index < -0.39 is 0 Å². The molecule has 2 aromatic rings. The first-order valence-corrected chi connectivity index (χ1v) is 10.1. The van der Waals surface area contributed by atoms with Crippen molar-refractivity contribution >= 4 is 5.82 Å². The minimum atomic E-state index is -0.291. The van der Waals surface area contributed by atoms with Crippen LogP contribution in [0, 0.1) is 5.82 Å². The molecule has 144 valence electrons. The molecule has 0 spiro atoms. The van der Waals surface area contributed by atoms with Gasteiger partial charge in [-0.2, -0.15) is 0 Å². The third-order valence-electron chi connectivity index (χ3n) is 5.56. The highest BCUT2D eigenvalue weighted by Gasteiger charge is 2.21. The fourth-order valence-electron chi connectivity index (χ4n) is 4.00. The Labute approximate surface area is 161 Å². The van der Waals surface area contributed by atoms with Gasteiger partial charge in [0.2, 0.25) is 0 Å². The molecular weight excluding hydrogens is 341 g/mol. The number of ether oxygens (including phenoxy) is 1. The van der Waals surface area contributed by atoms with Crippen LogP contribution in [-0.4, -0.2) is 42.2 Å². The lowest BCUT2D eigenvalue weighted by Crippen LogP contribution is -2.38. The fourth-order valence-corrected chi connectivity index (χ4v) is 4.00. The van der Waals surface area contributed by atoms with Crippen molar-refractivity contribution in [3.8, 4) is 5.75 Å². The first-order chi connectivity index (χ1) is 13.3. The van der Waals surface area contributed by atoms with E-state index in [9.17, 15) is 4.39 Å². The lowest BCUT2D eigenvalue weighted by molar-refractivity contribution is 0.170. The zero-order valence-electron chi connectivity index (χ0n) is 15.8. The Morgan fingerprint density at radius 3 is 2.33 bits per heavy atom. The molecule has 0 saturated carbocycles. The van der Waals surface area contributed by atoms with Crippen molar-refractivity contribution in [3.05, 3.63) is 54.0 Å². The molecule has 1 aromatic heterocycles. The number of rotatable bonds is 5. The van der Waals surface area contributed by atoms with Crippen LogP contribution in [0.25, 0.3) is 0 Å². The number of anilines is 1. The Hall–Kier alpha value is -2.14. The molecule has 0 N–H and O–H groups in total. The smallest absolute Gasteiger partial charge is 0.141 e. The Balaban J connectivity index is 1.25. The third-order valence-corrected chi connectivity index (χ3v) is 5.56. The van der Waals surface area contributed by atoms with Gasteiger partial charge in [-0.25, -0.2) is 9.37 Å². The summed E-state index contributed by atoms with van der Waals surface area (Å²) in [5.41, 5.74) is 1.36. The van der Waals surface area contributed by atoms with Crippen molar-refractivity contribution in [1.82, 2.24) is 9.88 Å². The van der Waals surface area contributed by atoms with Crippen molar-refractivity contribution in [3.63, 3.8) is 0 Å². The molecule has 4 rings (SSSR count). The molecule has 2 aliphatic rings. The molecule has 5 heteroatoms. The van der Waals surface area contributed by atoms with Crippen molar-refractivity contribution in [2.75, 3.05) is 31.1 Å². The van der Waals surface area contributed by atoms with Crippen LogP contribution in [0.1, 0.15) is 37.7 Å². The first kappa shape index (κ1) is 18.2. The number of halogens is 1. The largest absolute Gasteiger partial charge is 0.490 e. The van der Waals surface area contributed by atoms with Crippen molar-refractivity contribution in [2.24, 2.45) is 0 Å². The van der Waals surface area contributed by atoms with E-state index >= 15 is 0 Å². The van der Waals surface area contributed by atoms with Gasteiger partial charge >= 0.3 is 0 Å². The third kappa shape index (κ3) is 4.98. The Bertz CT molecular complexity index is 705. The summed E-state index contributed by atoms with van der Waals surface area (Å²) < 4.78 is 19.2. The zero-order chi connectivity index (χ0) is 18.5. The number of piperidine rings is 2. The van der Waals surface area contributed by atoms with Crippen LogP contribution >= 0.6 is 0 Å². The van der Waals surface area contributed by atoms with Gasteiger partial charge in [0.15, 0.2) is 0 Å². The highest BCUT2D eigenvalue weighted by molar-refractivity contribution is 5.38. The standard InChI is InChI=1S/C22H28FN3O/c23-19-6-9-22(24-16-19)26-14-10-21(11-15-26)27-20-7-4-18(5-8-20)17-25-12-2-1-3-13-25/h4-9,16,21H,1-3,10-15,17H2. The number of nitrogens with zero attached hydrogens (tertiary/aromatic N) is 3. The lowest BCUT2D eigenvalue weighted by Gasteiger charge is -2.33. The second kappa shape index (κ2) is 8.70. The summed E-state index contributed by atoms with van der Waals surface area (Å²) in [6.45, 7) is 5.26. The van der Waals surface area contributed by atoms with E-state index in [1.54, 1.807) is 6.07 Å². The molecule has 0 atom stereocenters. The van der Waals surface area contributed by atoms with Crippen LogP contribution in [0.5, 0.6) is 5.75 Å². The van der Waals surface area contributed by atoms with E-state index in [0.717, 1.165) is 44.0 Å². The lowest BCUT2D eigenvalue weighted by atomic mass is 10.1. The molecule has 27 heavy (non-hydrogen) atoms. The summed E-state index contributed by atoms with van der Waals surface area (Å²) in [5, 5.41) is 0. The van der Waals surface area contributed by atoms with Crippen LogP contribution in [0.15, 0.2) is 42.6 Å². The zero-order valence-corrected chi connectivity index (χ0v) is 15.8. The molecule has 0 unspecified atom stereocenters. The monoisotopic (exact) mass is 369 g/mol.